The summed E-state index contributed by atoms with van der Waals surface area (Å²) in [4.78, 5) is 24.7. The molecule has 7 nitrogen and oxygen atoms in total. The van der Waals surface area contributed by atoms with Gasteiger partial charge in [-0.05, 0) is 25.5 Å². The first-order valence-corrected chi connectivity index (χ1v) is 7.98. The molecule has 7 heteroatoms. The molecule has 0 unspecified atom stereocenters. The van der Waals surface area contributed by atoms with Gasteiger partial charge in [0.05, 0.1) is 17.1 Å². The van der Waals surface area contributed by atoms with Crippen LogP contribution >= 0.6 is 0 Å². The fourth-order valence-corrected chi connectivity index (χ4v) is 3.23. The summed E-state index contributed by atoms with van der Waals surface area (Å²) >= 11 is 0. The van der Waals surface area contributed by atoms with Crippen LogP contribution in [-0.4, -0.2) is 38.1 Å². The standard InChI is InChI=1S/C17H19N5O2/c1-10-19-12-5-3-4-11(14(12)20-10)17(23)21-13-6-9-24-15(13)16-18-7-8-22(16)2/h3-5,7-8,13,15H,6,9H2,1-2H3,(H,19,20)(H,21,23)/t13-,15-/m0/s1. The van der Waals surface area contributed by atoms with Crippen molar-refractivity contribution in [2.45, 2.75) is 25.5 Å². The number of carbonyl (C=O) groups excluding carboxylic acids is 1. The van der Waals surface area contributed by atoms with E-state index in [2.05, 4.69) is 20.3 Å². The Kier molecular flexibility index (Phi) is 3.57. The number of H-pyrrole nitrogens is 1. The smallest absolute Gasteiger partial charge is 0.253 e. The van der Waals surface area contributed by atoms with Gasteiger partial charge in [-0.3, -0.25) is 4.79 Å². The highest BCUT2D eigenvalue weighted by Gasteiger charge is 2.34. The first kappa shape index (κ1) is 14.9. The van der Waals surface area contributed by atoms with Crippen molar-refractivity contribution in [1.82, 2.24) is 24.8 Å². The largest absolute Gasteiger partial charge is 0.368 e. The third-order valence-corrected chi connectivity index (χ3v) is 4.40. The lowest BCUT2D eigenvalue weighted by atomic mass is 10.1. The molecule has 1 fully saturated rings. The second kappa shape index (κ2) is 5.76. The number of amides is 1. The Morgan fingerprint density at radius 2 is 2.33 bits per heavy atom. The number of aromatic amines is 1. The lowest BCUT2D eigenvalue weighted by molar-refractivity contribution is 0.0780. The number of nitrogens with zero attached hydrogens (tertiary/aromatic N) is 3. The number of ether oxygens (including phenoxy) is 1. The minimum Gasteiger partial charge on any atom is -0.368 e. The summed E-state index contributed by atoms with van der Waals surface area (Å²) in [7, 11) is 1.93. The molecule has 0 bridgehead atoms. The molecule has 3 aromatic rings. The van der Waals surface area contributed by atoms with Crippen LogP contribution in [0.3, 0.4) is 0 Å². The zero-order valence-corrected chi connectivity index (χ0v) is 13.6. The zero-order chi connectivity index (χ0) is 16.7. The molecule has 1 saturated heterocycles. The van der Waals surface area contributed by atoms with Crippen LogP contribution < -0.4 is 5.32 Å². The number of imidazole rings is 2. The highest BCUT2D eigenvalue weighted by Crippen LogP contribution is 2.28. The maximum atomic E-state index is 12.8. The average Bonchev–Trinajstić information content (AvgIpc) is 3.25. The van der Waals surface area contributed by atoms with E-state index in [0.29, 0.717) is 17.7 Å². The van der Waals surface area contributed by atoms with Gasteiger partial charge in [-0.15, -0.1) is 0 Å². The highest BCUT2D eigenvalue weighted by atomic mass is 16.5. The van der Waals surface area contributed by atoms with Gasteiger partial charge in [0.2, 0.25) is 0 Å². The zero-order valence-electron chi connectivity index (χ0n) is 13.6. The van der Waals surface area contributed by atoms with Crippen LogP contribution in [0.5, 0.6) is 0 Å². The summed E-state index contributed by atoms with van der Waals surface area (Å²) in [5.41, 5.74) is 2.13. The molecule has 124 valence electrons. The number of nitrogens with one attached hydrogen (secondary N) is 2. The Morgan fingerprint density at radius 3 is 3.12 bits per heavy atom. The van der Waals surface area contributed by atoms with Crippen molar-refractivity contribution in [2.75, 3.05) is 6.61 Å². The van der Waals surface area contributed by atoms with Gasteiger partial charge >= 0.3 is 0 Å². The minimum absolute atomic E-state index is 0.103. The lowest BCUT2D eigenvalue weighted by Crippen LogP contribution is -2.37. The molecule has 1 amide bonds. The molecule has 24 heavy (non-hydrogen) atoms. The molecule has 2 aromatic heterocycles. The minimum atomic E-state index is -0.228. The van der Waals surface area contributed by atoms with Gasteiger partial charge in [0.1, 0.15) is 23.3 Å². The van der Waals surface area contributed by atoms with Crippen molar-refractivity contribution in [3.05, 3.63) is 47.8 Å². The van der Waals surface area contributed by atoms with E-state index in [-0.39, 0.29) is 18.1 Å². The number of para-hydroxylation sites is 1. The summed E-state index contributed by atoms with van der Waals surface area (Å²) in [6.45, 7) is 2.48. The van der Waals surface area contributed by atoms with Gasteiger partial charge in [-0.1, -0.05) is 6.07 Å². The molecule has 0 aliphatic carbocycles. The van der Waals surface area contributed by atoms with Crippen molar-refractivity contribution in [3.63, 3.8) is 0 Å². The second-order valence-corrected chi connectivity index (χ2v) is 6.08. The Labute approximate surface area is 139 Å². The number of benzene rings is 1. The van der Waals surface area contributed by atoms with Crippen molar-refractivity contribution >= 4 is 16.9 Å². The summed E-state index contributed by atoms with van der Waals surface area (Å²) in [5, 5.41) is 3.09. The number of aryl methyl sites for hydroxylation is 2. The van der Waals surface area contributed by atoms with E-state index in [1.54, 1.807) is 12.3 Å². The van der Waals surface area contributed by atoms with Gasteiger partial charge < -0.3 is 19.6 Å². The fourth-order valence-electron chi connectivity index (χ4n) is 3.23. The molecule has 0 spiro atoms. The SMILES string of the molecule is Cc1nc2c(C(=O)N[C@H]3CCO[C@@H]3c3nccn3C)cccc2[nH]1. The van der Waals surface area contributed by atoms with Crippen LogP contribution in [0.15, 0.2) is 30.6 Å². The van der Waals surface area contributed by atoms with Gasteiger partial charge in [0.25, 0.3) is 5.91 Å². The molecular formula is C17H19N5O2. The van der Waals surface area contributed by atoms with E-state index >= 15 is 0 Å². The molecule has 1 aliphatic rings. The third kappa shape index (κ3) is 2.46. The average molecular weight is 325 g/mol. The van der Waals surface area contributed by atoms with Crippen LogP contribution in [-0.2, 0) is 11.8 Å². The monoisotopic (exact) mass is 325 g/mol. The second-order valence-electron chi connectivity index (χ2n) is 6.08. The predicted octanol–water partition coefficient (Wildman–Crippen LogP) is 1.86. The summed E-state index contributed by atoms with van der Waals surface area (Å²) < 4.78 is 7.72. The van der Waals surface area contributed by atoms with Crippen LogP contribution in [0.25, 0.3) is 11.0 Å². The number of hydrogen-bond acceptors (Lipinski definition) is 4. The van der Waals surface area contributed by atoms with E-state index in [4.69, 9.17) is 4.74 Å². The molecule has 2 N–H and O–H groups in total. The van der Waals surface area contributed by atoms with Crippen molar-refractivity contribution in [2.24, 2.45) is 7.05 Å². The Morgan fingerprint density at radius 1 is 1.46 bits per heavy atom. The van der Waals surface area contributed by atoms with Crippen LogP contribution in [0.1, 0.15) is 34.5 Å². The van der Waals surface area contributed by atoms with E-state index in [9.17, 15) is 4.79 Å². The van der Waals surface area contributed by atoms with Crippen molar-refractivity contribution < 1.29 is 9.53 Å². The number of aromatic nitrogens is 4. The van der Waals surface area contributed by atoms with E-state index in [1.807, 2.05) is 36.9 Å². The maximum Gasteiger partial charge on any atom is 0.253 e. The van der Waals surface area contributed by atoms with Crippen molar-refractivity contribution in [1.29, 1.82) is 0 Å². The molecule has 0 saturated carbocycles. The Balaban J connectivity index is 1.60. The van der Waals surface area contributed by atoms with E-state index in [0.717, 1.165) is 23.6 Å². The quantitative estimate of drug-likeness (QED) is 0.770. The van der Waals surface area contributed by atoms with Crippen LogP contribution in [0.2, 0.25) is 0 Å². The van der Waals surface area contributed by atoms with E-state index < -0.39 is 0 Å². The molecular weight excluding hydrogens is 306 g/mol. The number of rotatable bonds is 3. The number of carbonyl (C=O) groups is 1. The first-order valence-electron chi connectivity index (χ1n) is 7.98. The van der Waals surface area contributed by atoms with Gasteiger partial charge in [-0.2, -0.15) is 0 Å². The summed E-state index contributed by atoms with van der Waals surface area (Å²) in [6, 6.07) is 5.47. The van der Waals surface area contributed by atoms with E-state index in [1.165, 1.54) is 0 Å². The normalized spacial score (nSPS) is 20.6. The number of hydrogen-bond donors (Lipinski definition) is 2. The van der Waals surface area contributed by atoms with Crippen molar-refractivity contribution in [3.8, 4) is 0 Å². The Bertz CT molecular complexity index is 897. The van der Waals surface area contributed by atoms with Crippen LogP contribution in [0, 0.1) is 6.92 Å². The van der Waals surface area contributed by atoms with Crippen LogP contribution in [0.4, 0.5) is 0 Å². The predicted molar refractivity (Wildman–Crippen MR) is 88.6 cm³/mol. The lowest BCUT2D eigenvalue weighted by Gasteiger charge is -2.19. The fraction of sp³-hybridized carbons (Fsp3) is 0.353. The molecule has 1 aliphatic heterocycles. The Hall–Kier alpha value is -2.67. The summed E-state index contributed by atoms with van der Waals surface area (Å²) in [6.07, 6.45) is 4.15. The van der Waals surface area contributed by atoms with Gasteiger partial charge in [0, 0.05) is 26.0 Å². The first-order chi connectivity index (χ1) is 11.6. The maximum absolute atomic E-state index is 12.8. The third-order valence-electron chi connectivity index (χ3n) is 4.40. The molecule has 2 atom stereocenters. The molecule has 1 aromatic carbocycles. The molecule has 0 radical (unpaired) electrons. The van der Waals surface area contributed by atoms with Gasteiger partial charge in [-0.25, -0.2) is 9.97 Å². The molecule has 3 heterocycles. The topological polar surface area (TPSA) is 84.8 Å². The van der Waals surface area contributed by atoms with Gasteiger partial charge in [0.15, 0.2) is 0 Å². The number of fused-ring (bicyclic) bond motifs is 1. The summed E-state index contributed by atoms with van der Waals surface area (Å²) in [5.74, 6) is 1.48. The highest BCUT2D eigenvalue weighted by molar-refractivity contribution is 6.05. The molecule has 4 rings (SSSR count).